The molecule has 1 heterocycles. The van der Waals surface area contributed by atoms with Crippen LogP contribution in [0.3, 0.4) is 0 Å². The summed E-state index contributed by atoms with van der Waals surface area (Å²) in [6.07, 6.45) is 12.9. The van der Waals surface area contributed by atoms with Crippen LogP contribution in [0.5, 0.6) is 0 Å². The molecule has 0 aromatic heterocycles. The van der Waals surface area contributed by atoms with Crippen molar-refractivity contribution in [3.05, 3.63) is 48.0 Å². The van der Waals surface area contributed by atoms with Gasteiger partial charge in [0, 0.05) is 13.0 Å². The van der Waals surface area contributed by atoms with Crippen molar-refractivity contribution in [3.8, 4) is 0 Å². The van der Waals surface area contributed by atoms with Gasteiger partial charge in [-0.1, -0.05) is 42.5 Å². The molecule has 1 aromatic carbocycles. The summed E-state index contributed by atoms with van der Waals surface area (Å²) in [5, 5.41) is 21.4. The Labute approximate surface area is 223 Å². The van der Waals surface area contributed by atoms with Crippen LogP contribution >= 0.6 is 0 Å². The van der Waals surface area contributed by atoms with Gasteiger partial charge in [-0.2, -0.15) is 0 Å². The summed E-state index contributed by atoms with van der Waals surface area (Å²) in [6.45, 7) is 4.48. The average Bonchev–Trinajstić information content (AvgIpc) is 3.15. The van der Waals surface area contributed by atoms with Gasteiger partial charge in [0.2, 0.25) is 0 Å². The van der Waals surface area contributed by atoms with Crippen LogP contribution in [0.15, 0.2) is 42.5 Å². The highest BCUT2D eigenvalue weighted by Gasteiger charge is 2.40. The summed E-state index contributed by atoms with van der Waals surface area (Å²) in [7, 11) is 0. The van der Waals surface area contributed by atoms with E-state index in [0.29, 0.717) is 12.8 Å². The first-order valence-electron chi connectivity index (χ1n) is 14.4. The highest BCUT2D eigenvalue weighted by atomic mass is 16.7. The predicted octanol–water partition coefficient (Wildman–Crippen LogP) is 5.74. The van der Waals surface area contributed by atoms with Gasteiger partial charge >= 0.3 is 5.97 Å². The number of hydrogen-bond acceptors (Lipinski definition) is 6. The lowest BCUT2D eigenvalue weighted by Gasteiger charge is -2.30. The second-order valence-electron chi connectivity index (χ2n) is 11.0. The number of ether oxygens (including phenoxy) is 3. The SMILES string of the molecule is CC(C)OC(=O)CCC/C=C/C[C@@H]1[C@@H](CC[C@H](CCc2ccccc2)OC2CCCCO2)[C@H](O)C[C@@H]1O. The number of carbonyl (C=O) groups is 1. The molecule has 2 N–H and O–H groups in total. The molecule has 1 saturated heterocycles. The molecular formula is C31H48O6. The Hall–Kier alpha value is -1.73. The molecular weight excluding hydrogens is 468 g/mol. The molecule has 6 nitrogen and oxygen atoms in total. The van der Waals surface area contributed by atoms with Crippen molar-refractivity contribution < 1.29 is 29.2 Å². The van der Waals surface area contributed by atoms with E-state index in [2.05, 4.69) is 36.4 Å². The largest absolute Gasteiger partial charge is 0.463 e. The van der Waals surface area contributed by atoms with Crippen LogP contribution in [0.25, 0.3) is 0 Å². The summed E-state index contributed by atoms with van der Waals surface area (Å²) in [5.41, 5.74) is 1.30. The minimum Gasteiger partial charge on any atom is -0.463 e. The molecule has 208 valence electrons. The fourth-order valence-corrected chi connectivity index (χ4v) is 5.63. The van der Waals surface area contributed by atoms with E-state index in [9.17, 15) is 15.0 Å². The van der Waals surface area contributed by atoms with E-state index in [1.54, 1.807) is 0 Å². The van der Waals surface area contributed by atoms with Gasteiger partial charge in [0.1, 0.15) is 0 Å². The van der Waals surface area contributed by atoms with E-state index in [0.717, 1.165) is 70.8 Å². The highest BCUT2D eigenvalue weighted by molar-refractivity contribution is 5.69. The quantitative estimate of drug-likeness (QED) is 0.176. The van der Waals surface area contributed by atoms with Gasteiger partial charge in [-0.3, -0.25) is 4.79 Å². The average molecular weight is 517 g/mol. The molecule has 0 spiro atoms. The Morgan fingerprint density at radius 2 is 1.86 bits per heavy atom. The lowest BCUT2D eigenvalue weighted by atomic mass is 9.85. The lowest BCUT2D eigenvalue weighted by Crippen LogP contribution is -2.30. The number of hydrogen-bond donors (Lipinski definition) is 2. The van der Waals surface area contributed by atoms with Gasteiger partial charge in [0.05, 0.1) is 24.4 Å². The first kappa shape index (κ1) is 29.8. The topological polar surface area (TPSA) is 85.2 Å². The standard InChI is InChI=1S/C31H48O6/c1-23(2)36-30(34)15-9-4-3-8-14-26-27(29(33)22-28(26)32)20-19-25(37-31-16-10-11-21-35-31)18-17-24-12-6-5-7-13-24/h3,5-8,12-13,23,25-29,31-33H,4,9-11,14-22H2,1-2H3/b8-3+/t25-,26+,27+,28-,29+,31?/m0/s1. The smallest absolute Gasteiger partial charge is 0.306 e. The van der Waals surface area contributed by atoms with Gasteiger partial charge < -0.3 is 24.4 Å². The Morgan fingerprint density at radius 1 is 1.08 bits per heavy atom. The third-order valence-corrected chi connectivity index (χ3v) is 7.62. The summed E-state index contributed by atoms with van der Waals surface area (Å²) in [6, 6.07) is 10.5. The van der Waals surface area contributed by atoms with E-state index in [4.69, 9.17) is 14.2 Å². The fraction of sp³-hybridized carbons (Fsp3) is 0.710. The van der Waals surface area contributed by atoms with Gasteiger partial charge in [0.25, 0.3) is 0 Å². The molecule has 6 heteroatoms. The molecule has 1 aliphatic carbocycles. The number of rotatable bonds is 15. The van der Waals surface area contributed by atoms with Crippen LogP contribution < -0.4 is 0 Å². The van der Waals surface area contributed by atoms with Crippen molar-refractivity contribution in [2.24, 2.45) is 11.8 Å². The molecule has 6 atom stereocenters. The molecule has 2 fully saturated rings. The molecule has 1 aromatic rings. The highest BCUT2D eigenvalue weighted by Crippen LogP contribution is 2.39. The molecule has 0 radical (unpaired) electrons. The molecule has 0 amide bonds. The summed E-state index contributed by atoms with van der Waals surface area (Å²) >= 11 is 0. The molecule has 2 aliphatic rings. The Morgan fingerprint density at radius 3 is 2.59 bits per heavy atom. The maximum atomic E-state index is 11.7. The zero-order chi connectivity index (χ0) is 26.5. The van der Waals surface area contributed by atoms with Crippen LogP contribution in [0.1, 0.15) is 90.0 Å². The molecule has 0 bridgehead atoms. The normalized spacial score (nSPS) is 27.1. The first-order valence-corrected chi connectivity index (χ1v) is 14.4. The lowest BCUT2D eigenvalue weighted by molar-refractivity contribution is -0.191. The maximum Gasteiger partial charge on any atom is 0.306 e. The molecule has 37 heavy (non-hydrogen) atoms. The first-order chi connectivity index (χ1) is 17.9. The van der Waals surface area contributed by atoms with Crippen LogP contribution in [0, 0.1) is 11.8 Å². The monoisotopic (exact) mass is 516 g/mol. The van der Waals surface area contributed by atoms with Crippen molar-refractivity contribution >= 4 is 5.97 Å². The number of esters is 1. The van der Waals surface area contributed by atoms with Crippen LogP contribution in [0.4, 0.5) is 0 Å². The van der Waals surface area contributed by atoms with Crippen LogP contribution in [-0.4, -0.2) is 53.5 Å². The summed E-state index contributed by atoms with van der Waals surface area (Å²) < 4.78 is 17.5. The number of aliphatic hydroxyl groups is 2. The number of unbranched alkanes of at least 4 members (excludes halogenated alkanes) is 1. The van der Waals surface area contributed by atoms with E-state index in [-0.39, 0.29) is 36.3 Å². The zero-order valence-corrected chi connectivity index (χ0v) is 22.8. The number of carbonyl (C=O) groups excluding carboxylic acids is 1. The van der Waals surface area contributed by atoms with Gasteiger partial charge in [-0.15, -0.1) is 0 Å². The van der Waals surface area contributed by atoms with E-state index >= 15 is 0 Å². The number of aliphatic hydroxyl groups excluding tert-OH is 2. The second-order valence-corrected chi connectivity index (χ2v) is 11.0. The summed E-state index contributed by atoms with van der Waals surface area (Å²) in [4.78, 5) is 11.7. The van der Waals surface area contributed by atoms with Crippen molar-refractivity contribution in [2.75, 3.05) is 6.61 Å². The van der Waals surface area contributed by atoms with E-state index < -0.39 is 12.2 Å². The number of allylic oxidation sites excluding steroid dienone is 2. The fourth-order valence-electron chi connectivity index (χ4n) is 5.63. The van der Waals surface area contributed by atoms with Crippen molar-refractivity contribution in [2.45, 2.75) is 122 Å². The second kappa shape index (κ2) is 16.3. The Bertz CT molecular complexity index is 788. The van der Waals surface area contributed by atoms with E-state index in [1.165, 1.54) is 5.56 Å². The Balaban J connectivity index is 1.49. The molecule has 1 unspecified atom stereocenters. The van der Waals surface area contributed by atoms with Gasteiger partial charge in [-0.05, 0) is 102 Å². The van der Waals surface area contributed by atoms with Gasteiger partial charge in [0.15, 0.2) is 6.29 Å². The Kier molecular flexibility index (Phi) is 13.1. The van der Waals surface area contributed by atoms with Crippen molar-refractivity contribution in [1.82, 2.24) is 0 Å². The third kappa shape index (κ3) is 10.9. The van der Waals surface area contributed by atoms with Crippen molar-refractivity contribution in [1.29, 1.82) is 0 Å². The minimum atomic E-state index is -0.490. The third-order valence-electron chi connectivity index (χ3n) is 7.62. The minimum absolute atomic E-state index is 0.0397. The zero-order valence-electron chi connectivity index (χ0n) is 22.8. The van der Waals surface area contributed by atoms with Gasteiger partial charge in [-0.25, -0.2) is 0 Å². The number of benzene rings is 1. The van der Waals surface area contributed by atoms with Crippen molar-refractivity contribution in [3.63, 3.8) is 0 Å². The predicted molar refractivity (Wildman–Crippen MR) is 145 cm³/mol. The van der Waals surface area contributed by atoms with Crippen LogP contribution in [-0.2, 0) is 25.4 Å². The maximum absolute atomic E-state index is 11.7. The molecule has 1 aliphatic heterocycles. The van der Waals surface area contributed by atoms with Crippen LogP contribution in [0.2, 0.25) is 0 Å². The molecule has 1 saturated carbocycles. The molecule has 3 rings (SSSR count). The number of aryl methyl sites for hydroxylation is 1. The van der Waals surface area contributed by atoms with E-state index in [1.807, 2.05) is 19.9 Å². The summed E-state index contributed by atoms with van der Waals surface area (Å²) in [5.74, 6) is -0.0610.